The van der Waals surface area contributed by atoms with Crippen LogP contribution in [0, 0.1) is 6.92 Å². The highest BCUT2D eigenvalue weighted by Gasteiger charge is 2.12. The van der Waals surface area contributed by atoms with E-state index in [1.165, 1.54) is 5.56 Å². The maximum absolute atomic E-state index is 5.27. The van der Waals surface area contributed by atoms with E-state index in [9.17, 15) is 0 Å². The Labute approximate surface area is 156 Å². The number of anilines is 3. The first-order valence-electron chi connectivity index (χ1n) is 8.86. The molecule has 0 fully saturated rings. The molecule has 0 bridgehead atoms. The summed E-state index contributed by atoms with van der Waals surface area (Å²) in [4.78, 5) is 2.21. The van der Waals surface area contributed by atoms with Gasteiger partial charge in [0.25, 0.3) is 0 Å². The zero-order valence-electron chi connectivity index (χ0n) is 16.2. The predicted molar refractivity (Wildman–Crippen MR) is 110 cm³/mol. The Balaban J connectivity index is 0.00000117. The molecule has 0 heterocycles. The minimum Gasteiger partial charge on any atom is -0.497 e. The van der Waals surface area contributed by atoms with Crippen molar-refractivity contribution < 1.29 is 9.47 Å². The lowest BCUT2D eigenvalue weighted by atomic mass is 10.1. The highest BCUT2D eigenvalue weighted by molar-refractivity contribution is 5.77. The first kappa shape index (κ1) is 19.4. The molecule has 0 amide bonds. The molecule has 0 atom stereocenters. The highest BCUT2D eigenvalue weighted by Crippen LogP contribution is 2.35. The Bertz CT molecular complexity index is 730. The molecule has 0 aliphatic heterocycles. The van der Waals surface area contributed by atoms with Crippen LogP contribution in [0.4, 0.5) is 17.1 Å². The third-order valence-electron chi connectivity index (χ3n) is 3.95. The summed E-state index contributed by atoms with van der Waals surface area (Å²) >= 11 is 0. The fourth-order valence-corrected chi connectivity index (χ4v) is 2.60. The summed E-state index contributed by atoms with van der Waals surface area (Å²) < 4.78 is 10.5. The van der Waals surface area contributed by atoms with Crippen molar-refractivity contribution in [3.63, 3.8) is 0 Å². The first-order chi connectivity index (χ1) is 12.7. The van der Waals surface area contributed by atoms with Gasteiger partial charge >= 0.3 is 0 Å². The van der Waals surface area contributed by atoms with Crippen molar-refractivity contribution in [3.8, 4) is 11.5 Å². The summed E-state index contributed by atoms with van der Waals surface area (Å²) in [5.74, 6) is 1.69. The fourth-order valence-electron chi connectivity index (χ4n) is 2.60. The van der Waals surface area contributed by atoms with Crippen molar-refractivity contribution >= 4 is 17.1 Å². The number of hydrogen-bond donors (Lipinski definition) is 0. The summed E-state index contributed by atoms with van der Waals surface area (Å²) in [6.45, 7) is 6.09. The summed E-state index contributed by atoms with van der Waals surface area (Å²) in [6, 6.07) is 24.6. The number of benzene rings is 3. The Kier molecular flexibility index (Phi) is 7.10. The van der Waals surface area contributed by atoms with Crippen LogP contribution in [0.3, 0.4) is 0 Å². The van der Waals surface area contributed by atoms with Gasteiger partial charge in [-0.05, 0) is 67.6 Å². The molecule has 136 valence electrons. The fraction of sp³-hybridized carbons (Fsp3) is 0.217. The Morgan fingerprint density at radius 1 is 0.538 bits per heavy atom. The first-order valence-corrected chi connectivity index (χ1v) is 8.86. The lowest BCUT2D eigenvalue weighted by Crippen LogP contribution is -2.09. The van der Waals surface area contributed by atoms with Gasteiger partial charge in [0.05, 0.1) is 14.2 Å². The molecule has 3 rings (SSSR count). The maximum atomic E-state index is 5.27. The van der Waals surface area contributed by atoms with E-state index < -0.39 is 0 Å². The molecule has 0 aliphatic rings. The van der Waals surface area contributed by atoms with Crippen LogP contribution in [0.25, 0.3) is 0 Å². The average molecular weight is 349 g/mol. The minimum atomic E-state index is 0.845. The molecule has 3 heteroatoms. The SMILES string of the molecule is CC.COc1ccc(N(c2ccc(C)cc2)c2ccc(OC)cc2)cc1. The second kappa shape index (κ2) is 9.52. The molecule has 0 radical (unpaired) electrons. The average Bonchev–Trinajstić information content (AvgIpc) is 2.72. The molecule has 0 aromatic heterocycles. The molecule has 0 N–H and O–H groups in total. The van der Waals surface area contributed by atoms with Crippen LogP contribution in [0.2, 0.25) is 0 Å². The summed E-state index contributed by atoms with van der Waals surface area (Å²) in [7, 11) is 3.35. The lowest BCUT2D eigenvalue weighted by molar-refractivity contribution is 0.415. The van der Waals surface area contributed by atoms with Crippen LogP contribution >= 0.6 is 0 Å². The van der Waals surface area contributed by atoms with E-state index in [1.54, 1.807) is 14.2 Å². The molecule has 0 saturated heterocycles. The maximum Gasteiger partial charge on any atom is 0.119 e. The standard InChI is InChI=1S/C21H21NO2.C2H6/c1-16-4-6-17(7-5-16)22(18-8-12-20(23-2)13-9-18)19-10-14-21(24-3)15-11-19;1-2/h4-15H,1-3H3;1-2H3. The van der Waals surface area contributed by atoms with Crippen LogP contribution in [0.1, 0.15) is 19.4 Å². The van der Waals surface area contributed by atoms with E-state index >= 15 is 0 Å². The van der Waals surface area contributed by atoms with Gasteiger partial charge in [-0.3, -0.25) is 0 Å². The topological polar surface area (TPSA) is 21.7 Å². The van der Waals surface area contributed by atoms with Gasteiger partial charge < -0.3 is 14.4 Å². The van der Waals surface area contributed by atoms with Gasteiger partial charge in [-0.15, -0.1) is 0 Å². The number of aryl methyl sites for hydroxylation is 1. The van der Waals surface area contributed by atoms with Gasteiger partial charge in [-0.25, -0.2) is 0 Å². The molecule has 0 aliphatic carbocycles. The second-order valence-corrected chi connectivity index (χ2v) is 5.57. The quantitative estimate of drug-likeness (QED) is 0.524. The third-order valence-corrected chi connectivity index (χ3v) is 3.95. The predicted octanol–water partition coefficient (Wildman–Crippen LogP) is 6.51. The summed E-state index contributed by atoms with van der Waals surface area (Å²) in [5.41, 5.74) is 4.49. The molecular weight excluding hydrogens is 322 g/mol. The summed E-state index contributed by atoms with van der Waals surface area (Å²) in [5, 5.41) is 0. The number of rotatable bonds is 5. The molecule has 0 saturated carbocycles. The van der Waals surface area contributed by atoms with Gasteiger partial charge in [0.1, 0.15) is 11.5 Å². The van der Waals surface area contributed by atoms with Gasteiger partial charge in [0.2, 0.25) is 0 Å². The van der Waals surface area contributed by atoms with Crippen molar-refractivity contribution in [2.45, 2.75) is 20.8 Å². The van der Waals surface area contributed by atoms with Crippen molar-refractivity contribution in [3.05, 3.63) is 78.4 Å². The zero-order chi connectivity index (χ0) is 18.9. The lowest BCUT2D eigenvalue weighted by Gasteiger charge is -2.25. The van der Waals surface area contributed by atoms with Crippen LogP contribution in [-0.2, 0) is 0 Å². The molecule has 26 heavy (non-hydrogen) atoms. The summed E-state index contributed by atoms with van der Waals surface area (Å²) in [6.07, 6.45) is 0. The van der Waals surface area contributed by atoms with Crippen molar-refractivity contribution in [2.75, 3.05) is 19.1 Å². The van der Waals surface area contributed by atoms with Crippen LogP contribution in [0.5, 0.6) is 11.5 Å². The van der Waals surface area contributed by atoms with Crippen LogP contribution in [0.15, 0.2) is 72.8 Å². The molecule has 3 aromatic rings. The van der Waals surface area contributed by atoms with E-state index in [2.05, 4.69) is 60.4 Å². The van der Waals surface area contributed by atoms with Crippen LogP contribution in [-0.4, -0.2) is 14.2 Å². The van der Waals surface area contributed by atoms with E-state index in [1.807, 2.05) is 38.1 Å². The molecule has 3 aromatic carbocycles. The highest BCUT2D eigenvalue weighted by atomic mass is 16.5. The smallest absolute Gasteiger partial charge is 0.119 e. The largest absolute Gasteiger partial charge is 0.497 e. The molecule has 0 unspecified atom stereocenters. The van der Waals surface area contributed by atoms with Gasteiger partial charge in [-0.1, -0.05) is 31.5 Å². The van der Waals surface area contributed by atoms with Crippen molar-refractivity contribution in [1.82, 2.24) is 0 Å². The normalized spacial score (nSPS) is 9.73. The number of hydrogen-bond acceptors (Lipinski definition) is 3. The Hall–Kier alpha value is -2.94. The minimum absolute atomic E-state index is 0.845. The van der Waals surface area contributed by atoms with Gasteiger partial charge in [-0.2, -0.15) is 0 Å². The number of methoxy groups -OCH3 is 2. The number of nitrogens with zero attached hydrogens (tertiary/aromatic N) is 1. The zero-order valence-corrected chi connectivity index (χ0v) is 16.2. The molecule has 0 spiro atoms. The van der Waals surface area contributed by atoms with Gasteiger partial charge in [0.15, 0.2) is 0 Å². The van der Waals surface area contributed by atoms with Crippen molar-refractivity contribution in [1.29, 1.82) is 0 Å². The second-order valence-electron chi connectivity index (χ2n) is 5.57. The molecular formula is C23H27NO2. The Morgan fingerprint density at radius 2 is 0.846 bits per heavy atom. The Morgan fingerprint density at radius 3 is 1.15 bits per heavy atom. The molecule has 3 nitrogen and oxygen atoms in total. The third kappa shape index (κ3) is 4.57. The van der Waals surface area contributed by atoms with E-state index in [4.69, 9.17) is 9.47 Å². The monoisotopic (exact) mass is 349 g/mol. The van der Waals surface area contributed by atoms with E-state index in [0.29, 0.717) is 0 Å². The van der Waals surface area contributed by atoms with Gasteiger partial charge in [0, 0.05) is 17.1 Å². The van der Waals surface area contributed by atoms with Crippen molar-refractivity contribution in [2.24, 2.45) is 0 Å². The van der Waals surface area contributed by atoms with E-state index in [0.717, 1.165) is 28.6 Å². The van der Waals surface area contributed by atoms with E-state index in [-0.39, 0.29) is 0 Å². The van der Waals surface area contributed by atoms with Crippen LogP contribution < -0.4 is 14.4 Å². The number of ether oxygens (including phenoxy) is 2.